The lowest BCUT2D eigenvalue weighted by molar-refractivity contribution is -0.137. The van der Waals surface area contributed by atoms with E-state index in [1.807, 2.05) is 0 Å². The van der Waals surface area contributed by atoms with Gasteiger partial charge in [-0.3, -0.25) is 9.59 Å². The summed E-state index contributed by atoms with van der Waals surface area (Å²) in [4.78, 5) is 31.3. The molecule has 29 heavy (non-hydrogen) atoms. The van der Waals surface area contributed by atoms with Crippen molar-refractivity contribution in [3.8, 4) is 0 Å². The molecule has 0 saturated heterocycles. The van der Waals surface area contributed by atoms with E-state index in [-0.39, 0.29) is 30.9 Å². The van der Waals surface area contributed by atoms with E-state index in [0.29, 0.717) is 22.0 Å². The summed E-state index contributed by atoms with van der Waals surface area (Å²) in [6.07, 6.45) is -2.29. The monoisotopic (exact) mass is 427 g/mol. The Hall–Kier alpha value is -2.29. The minimum Gasteiger partial charge on any atom is -0.355 e. The highest BCUT2D eigenvalue weighted by atomic mass is 32.2. The molecule has 0 spiro atoms. The van der Waals surface area contributed by atoms with Crippen molar-refractivity contribution in [3.05, 3.63) is 57.0 Å². The average molecular weight is 427 g/mol. The molecule has 1 aromatic heterocycles. The zero-order valence-electron chi connectivity index (χ0n) is 16.7. The third-order valence-corrected chi connectivity index (χ3v) is 5.27. The first-order chi connectivity index (χ1) is 13.4. The lowest BCUT2D eigenvalue weighted by Gasteiger charge is -2.26. The lowest BCUT2D eigenvalue weighted by atomic mass is 9.83. The molecule has 2 rings (SSSR count). The smallest absolute Gasteiger partial charge is 0.355 e. The van der Waals surface area contributed by atoms with E-state index in [2.05, 4.69) is 15.3 Å². The largest absolute Gasteiger partial charge is 0.416 e. The number of hydrogen-bond acceptors (Lipinski definition) is 4. The van der Waals surface area contributed by atoms with Crippen molar-refractivity contribution in [2.75, 3.05) is 12.8 Å². The van der Waals surface area contributed by atoms with Gasteiger partial charge in [0.25, 0.3) is 5.56 Å². The van der Waals surface area contributed by atoms with E-state index in [1.165, 1.54) is 17.8 Å². The predicted molar refractivity (Wildman–Crippen MR) is 107 cm³/mol. The quantitative estimate of drug-likeness (QED) is 0.520. The van der Waals surface area contributed by atoms with Crippen LogP contribution in [0.5, 0.6) is 0 Å². The minimum absolute atomic E-state index is 0.0862. The summed E-state index contributed by atoms with van der Waals surface area (Å²) >= 11 is 1.33. The molecule has 2 aromatic rings. The normalized spacial score (nSPS) is 12.1. The van der Waals surface area contributed by atoms with Crippen LogP contribution < -0.4 is 10.9 Å². The molecule has 0 bridgehead atoms. The topological polar surface area (TPSA) is 74.8 Å². The van der Waals surface area contributed by atoms with E-state index in [0.717, 1.165) is 12.1 Å². The number of carbonyl (C=O) groups excluding carboxylic acids is 1. The summed E-state index contributed by atoms with van der Waals surface area (Å²) in [7, 11) is 0. The van der Waals surface area contributed by atoms with E-state index in [9.17, 15) is 22.8 Å². The highest BCUT2D eigenvalue weighted by Gasteiger charge is 2.32. The molecule has 1 heterocycles. The standard InChI is InChI=1S/C20H24F3N3O2S/c1-12-15(17(28)26-18(25-12)29-4)8-9-16(27)24-11-19(2,3)13-6-5-7-14(10-13)20(21,22)23/h5-7,10H,8-9,11H2,1-4H3,(H,24,27)(H,25,26,28). The number of benzene rings is 1. The number of carbonyl (C=O) groups is 1. The van der Waals surface area contributed by atoms with Gasteiger partial charge in [0.05, 0.1) is 5.56 Å². The Labute approximate surface area is 171 Å². The van der Waals surface area contributed by atoms with E-state index >= 15 is 0 Å². The molecule has 1 amide bonds. The van der Waals surface area contributed by atoms with Gasteiger partial charge in [-0.05, 0) is 31.2 Å². The average Bonchev–Trinajstić information content (AvgIpc) is 2.65. The van der Waals surface area contributed by atoms with Crippen LogP contribution in [0.2, 0.25) is 0 Å². The van der Waals surface area contributed by atoms with Gasteiger partial charge in [0, 0.05) is 29.6 Å². The number of halogens is 3. The van der Waals surface area contributed by atoms with Crippen LogP contribution >= 0.6 is 11.8 Å². The maximum Gasteiger partial charge on any atom is 0.416 e. The van der Waals surface area contributed by atoms with Crippen molar-refractivity contribution in [1.29, 1.82) is 0 Å². The van der Waals surface area contributed by atoms with Crippen molar-refractivity contribution in [1.82, 2.24) is 15.3 Å². The third-order valence-electron chi connectivity index (χ3n) is 4.69. The molecule has 0 aliphatic rings. The fourth-order valence-corrected chi connectivity index (χ4v) is 3.26. The van der Waals surface area contributed by atoms with Crippen molar-refractivity contribution in [2.45, 2.75) is 50.4 Å². The third kappa shape index (κ3) is 6.09. The van der Waals surface area contributed by atoms with E-state index < -0.39 is 17.2 Å². The van der Waals surface area contributed by atoms with Gasteiger partial charge in [0.2, 0.25) is 5.91 Å². The van der Waals surface area contributed by atoms with Crippen LogP contribution in [0.15, 0.2) is 34.2 Å². The van der Waals surface area contributed by atoms with Crippen molar-refractivity contribution in [3.63, 3.8) is 0 Å². The fraction of sp³-hybridized carbons (Fsp3) is 0.450. The van der Waals surface area contributed by atoms with Crippen molar-refractivity contribution < 1.29 is 18.0 Å². The number of nitrogens with zero attached hydrogens (tertiary/aromatic N) is 1. The van der Waals surface area contributed by atoms with Crippen LogP contribution in [0.25, 0.3) is 0 Å². The summed E-state index contributed by atoms with van der Waals surface area (Å²) < 4.78 is 38.8. The first kappa shape index (κ1) is 23.0. The number of aryl methyl sites for hydroxylation is 1. The molecule has 0 unspecified atom stereocenters. The van der Waals surface area contributed by atoms with Gasteiger partial charge >= 0.3 is 6.18 Å². The zero-order chi connectivity index (χ0) is 21.8. The molecular weight excluding hydrogens is 403 g/mol. The van der Waals surface area contributed by atoms with Crippen LogP contribution in [0, 0.1) is 6.92 Å². The Bertz CT molecular complexity index is 939. The second-order valence-electron chi connectivity index (χ2n) is 7.38. The molecule has 9 heteroatoms. The molecule has 0 saturated carbocycles. The molecule has 0 radical (unpaired) electrons. The van der Waals surface area contributed by atoms with Gasteiger partial charge in [0.15, 0.2) is 5.16 Å². The van der Waals surface area contributed by atoms with E-state index in [1.54, 1.807) is 33.1 Å². The van der Waals surface area contributed by atoms with Crippen LogP contribution in [0.1, 0.15) is 42.7 Å². The highest BCUT2D eigenvalue weighted by molar-refractivity contribution is 7.98. The van der Waals surface area contributed by atoms with Crippen LogP contribution in [0.4, 0.5) is 13.2 Å². The molecule has 0 fully saturated rings. The predicted octanol–water partition coefficient (Wildman–Crippen LogP) is 3.85. The number of rotatable bonds is 7. The first-order valence-corrected chi connectivity index (χ1v) is 10.2. The Morgan fingerprint density at radius 1 is 1.24 bits per heavy atom. The number of aromatic nitrogens is 2. The van der Waals surface area contributed by atoms with Gasteiger partial charge in [-0.1, -0.05) is 43.8 Å². The first-order valence-electron chi connectivity index (χ1n) is 9.02. The van der Waals surface area contributed by atoms with Crippen molar-refractivity contribution >= 4 is 17.7 Å². The number of aromatic amines is 1. The Balaban J connectivity index is 1.99. The Morgan fingerprint density at radius 3 is 2.48 bits per heavy atom. The van der Waals surface area contributed by atoms with Gasteiger partial charge in [-0.25, -0.2) is 4.98 Å². The Kier molecular flexibility index (Phi) is 7.15. The molecule has 2 N–H and O–H groups in total. The van der Waals surface area contributed by atoms with Crippen LogP contribution in [0.3, 0.4) is 0 Å². The molecule has 1 aromatic carbocycles. The van der Waals surface area contributed by atoms with Gasteiger partial charge in [-0.15, -0.1) is 0 Å². The number of H-pyrrole nitrogens is 1. The summed E-state index contributed by atoms with van der Waals surface area (Å²) in [5.74, 6) is -0.280. The summed E-state index contributed by atoms with van der Waals surface area (Å²) in [5.41, 5.74) is -0.155. The molecule has 0 aliphatic heterocycles. The number of alkyl halides is 3. The minimum atomic E-state index is -4.42. The second kappa shape index (κ2) is 9.02. The fourth-order valence-electron chi connectivity index (χ4n) is 2.84. The number of hydrogen-bond donors (Lipinski definition) is 2. The van der Waals surface area contributed by atoms with Gasteiger partial charge in [0.1, 0.15) is 0 Å². The molecule has 5 nitrogen and oxygen atoms in total. The number of thioether (sulfide) groups is 1. The summed E-state index contributed by atoms with van der Waals surface area (Å²) in [5, 5.41) is 3.27. The van der Waals surface area contributed by atoms with Crippen LogP contribution in [-0.2, 0) is 22.8 Å². The number of amides is 1. The van der Waals surface area contributed by atoms with Gasteiger partial charge in [-0.2, -0.15) is 13.2 Å². The molecule has 0 atom stereocenters. The molecule has 158 valence electrons. The summed E-state index contributed by atoms with van der Waals surface area (Å²) in [6, 6.07) is 5.10. The maximum absolute atomic E-state index is 12.9. The zero-order valence-corrected chi connectivity index (χ0v) is 17.6. The molecular formula is C20H24F3N3O2S. The van der Waals surface area contributed by atoms with Gasteiger partial charge < -0.3 is 10.3 Å². The lowest BCUT2D eigenvalue weighted by Crippen LogP contribution is -2.37. The van der Waals surface area contributed by atoms with E-state index in [4.69, 9.17) is 0 Å². The number of nitrogens with one attached hydrogen (secondary N) is 2. The maximum atomic E-state index is 12.9. The van der Waals surface area contributed by atoms with Crippen LogP contribution in [-0.4, -0.2) is 28.7 Å². The Morgan fingerprint density at radius 2 is 1.90 bits per heavy atom. The highest BCUT2D eigenvalue weighted by Crippen LogP contribution is 2.32. The molecule has 0 aliphatic carbocycles. The van der Waals surface area contributed by atoms with Crippen molar-refractivity contribution in [2.24, 2.45) is 0 Å². The summed E-state index contributed by atoms with van der Waals surface area (Å²) in [6.45, 7) is 5.43. The second-order valence-corrected chi connectivity index (χ2v) is 8.17. The SMILES string of the molecule is CSc1nc(C)c(CCC(=O)NCC(C)(C)c2cccc(C(F)(F)F)c2)c(=O)[nH]1.